The van der Waals surface area contributed by atoms with Crippen molar-refractivity contribution < 1.29 is 9.53 Å². The number of likely N-dealkylation sites (tertiary alicyclic amines) is 1. The first-order valence-electron chi connectivity index (χ1n) is 10.6. The highest BCUT2D eigenvalue weighted by Gasteiger charge is 2.23. The van der Waals surface area contributed by atoms with Gasteiger partial charge in [-0.25, -0.2) is 4.98 Å². The SMILES string of the molecule is Cc1ccc(OCC(=O)N2CCN(c3nc(CN4CCCCC4)cs3)CC2)cc1. The minimum Gasteiger partial charge on any atom is -0.484 e. The first kappa shape index (κ1) is 20.2. The zero-order valence-electron chi connectivity index (χ0n) is 17.2. The Kier molecular flexibility index (Phi) is 6.67. The van der Waals surface area contributed by atoms with Crippen LogP contribution in [0.1, 0.15) is 30.5 Å². The van der Waals surface area contributed by atoms with Crippen LogP contribution in [0.2, 0.25) is 0 Å². The number of aromatic nitrogens is 1. The number of anilines is 1. The average Bonchev–Trinajstić information content (AvgIpc) is 3.22. The lowest BCUT2D eigenvalue weighted by Crippen LogP contribution is -2.50. The summed E-state index contributed by atoms with van der Waals surface area (Å²) in [5.41, 5.74) is 2.36. The number of benzene rings is 1. The third-order valence-electron chi connectivity index (χ3n) is 5.66. The zero-order valence-corrected chi connectivity index (χ0v) is 18.0. The third-order valence-corrected chi connectivity index (χ3v) is 6.61. The van der Waals surface area contributed by atoms with Gasteiger partial charge >= 0.3 is 0 Å². The van der Waals surface area contributed by atoms with E-state index in [1.807, 2.05) is 36.1 Å². The number of piperazine rings is 1. The summed E-state index contributed by atoms with van der Waals surface area (Å²) < 4.78 is 5.64. The summed E-state index contributed by atoms with van der Waals surface area (Å²) in [7, 11) is 0. The van der Waals surface area contributed by atoms with Gasteiger partial charge in [0.15, 0.2) is 11.7 Å². The van der Waals surface area contributed by atoms with Gasteiger partial charge in [0.2, 0.25) is 0 Å². The van der Waals surface area contributed by atoms with Gasteiger partial charge in [-0.3, -0.25) is 9.69 Å². The summed E-state index contributed by atoms with van der Waals surface area (Å²) in [6.45, 7) is 8.57. The smallest absolute Gasteiger partial charge is 0.260 e. The largest absolute Gasteiger partial charge is 0.484 e. The average molecular weight is 415 g/mol. The van der Waals surface area contributed by atoms with Crippen molar-refractivity contribution in [2.75, 3.05) is 50.8 Å². The van der Waals surface area contributed by atoms with Crippen LogP contribution in [-0.2, 0) is 11.3 Å². The minimum atomic E-state index is 0.0511. The number of hydrogen-bond acceptors (Lipinski definition) is 6. The van der Waals surface area contributed by atoms with Gasteiger partial charge in [-0.2, -0.15) is 0 Å². The van der Waals surface area contributed by atoms with Gasteiger partial charge in [-0.05, 0) is 45.0 Å². The molecule has 3 heterocycles. The van der Waals surface area contributed by atoms with Gasteiger partial charge in [0, 0.05) is 38.1 Å². The molecule has 0 aliphatic carbocycles. The Bertz CT molecular complexity index is 793. The second kappa shape index (κ2) is 9.59. The van der Waals surface area contributed by atoms with Gasteiger partial charge in [0.05, 0.1) is 5.69 Å². The molecule has 0 bridgehead atoms. The van der Waals surface area contributed by atoms with Crippen molar-refractivity contribution in [3.05, 3.63) is 40.9 Å². The molecule has 1 aromatic carbocycles. The Morgan fingerprint density at radius 3 is 2.48 bits per heavy atom. The van der Waals surface area contributed by atoms with E-state index in [9.17, 15) is 4.79 Å². The van der Waals surface area contributed by atoms with Crippen LogP contribution in [0.25, 0.3) is 0 Å². The van der Waals surface area contributed by atoms with E-state index in [-0.39, 0.29) is 12.5 Å². The quantitative estimate of drug-likeness (QED) is 0.727. The molecule has 7 heteroatoms. The number of nitrogens with zero attached hydrogens (tertiary/aromatic N) is 4. The lowest BCUT2D eigenvalue weighted by molar-refractivity contribution is -0.133. The van der Waals surface area contributed by atoms with Gasteiger partial charge in [0.1, 0.15) is 5.75 Å². The third kappa shape index (κ3) is 5.48. The van der Waals surface area contributed by atoms with E-state index < -0.39 is 0 Å². The van der Waals surface area contributed by atoms with Gasteiger partial charge in [0.25, 0.3) is 5.91 Å². The number of ether oxygens (including phenoxy) is 1. The van der Waals surface area contributed by atoms with Crippen LogP contribution in [0, 0.1) is 6.92 Å². The van der Waals surface area contributed by atoms with Crippen molar-refractivity contribution in [3.8, 4) is 5.75 Å². The summed E-state index contributed by atoms with van der Waals surface area (Å²) in [5, 5.41) is 3.27. The van der Waals surface area contributed by atoms with Crippen LogP contribution in [-0.4, -0.2) is 66.6 Å². The fourth-order valence-electron chi connectivity index (χ4n) is 3.88. The highest BCUT2D eigenvalue weighted by molar-refractivity contribution is 7.13. The molecule has 6 nitrogen and oxygen atoms in total. The number of rotatable bonds is 6. The molecule has 2 fully saturated rings. The van der Waals surface area contributed by atoms with Crippen molar-refractivity contribution in [2.45, 2.75) is 32.7 Å². The summed E-state index contributed by atoms with van der Waals surface area (Å²) in [6, 6.07) is 7.80. The number of thiazole rings is 1. The molecular formula is C22H30N4O2S. The number of carbonyl (C=O) groups excluding carboxylic acids is 1. The van der Waals surface area contributed by atoms with Crippen LogP contribution in [0.15, 0.2) is 29.6 Å². The number of amides is 1. The van der Waals surface area contributed by atoms with Gasteiger partial charge < -0.3 is 14.5 Å². The molecule has 0 unspecified atom stereocenters. The Morgan fingerprint density at radius 2 is 1.76 bits per heavy atom. The molecule has 1 amide bonds. The zero-order chi connectivity index (χ0) is 20.1. The van der Waals surface area contributed by atoms with Crippen LogP contribution in [0.4, 0.5) is 5.13 Å². The molecule has 0 atom stereocenters. The Labute approximate surface area is 177 Å². The summed E-state index contributed by atoms with van der Waals surface area (Å²) >= 11 is 1.72. The van der Waals surface area contributed by atoms with Crippen molar-refractivity contribution in [1.82, 2.24) is 14.8 Å². The molecule has 2 aliphatic heterocycles. The van der Waals surface area contributed by atoms with Crippen molar-refractivity contribution in [3.63, 3.8) is 0 Å². The molecule has 0 saturated carbocycles. The second-order valence-electron chi connectivity index (χ2n) is 7.93. The predicted molar refractivity (Wildman–Crippen MR) is 117 cm³/mol. The fraction of sp³-hybridized carbons (Fsp3) is 0.545. The maximum absolute atomic E-state index is 12.5. The standard InChI is InChI=1S/C22H30N4O2S/c1-18-5-7-20(8-6-18)28-16-21(27)25-11-13-26(14-12-25)22-23-19(17-29-22)15-24-9-3-2-4-10-24/h5-8,17H,2-4,9-16H2,1H3. The summed E-state index contributed by atoms with van der Waals surface area (Å²) in [5.74, 6) is 0.793. The first-order chi connectivity index (χ1) is 14.2. The van der Waals surface area contributed by atoms with E-state index in [1.54, 1.807) is 11.3 Å². The predicted octanol–water partition coefficient (Wildman–Crippen LogP) is 3.17. The van der Waals surface area contributed by atoms with E-state index in [2.05, 4.69) is 15.2 Å². The second-order valence-corrected chi connectivity index (χ2v) is 8.76. The maximum atomic E-state index is 12.5. The monoisotopic (exact) mass is 414 g/mol. The molecule has 2 aromatic rings. The molecule has 156 valence electrons. The highest BCUT2D eigenvalue weighted by atomic mass is 32.1. The lowest BCUT2D eigenvalue weighted by atomic mass is 10.1. The molecule has 0 radical (unpaired) electrons. The molecule has 1 aromatic heterocycles. The van der Waals surface area contributed by atoms with Gasteiger partial charge in [-0.1, -0.05) is 24.1 Å². The maximum Gasteiger partial charge on any atom is 0.260 e. The van der Waals surface area contributed by atoms with Crippen LogP contribution in [0.3, 0.4) is 0 Å². The van der Waals surface area contributed by atoms with E-state index in [1.165, 1.54) is 43.6 Å². The molecule has 4 rings (SSSR count). The van der Waals surface area contributed by atoms with E-state index in [0.717, 1.165) is 43.6 Å². The normalized spacial score (nSPS) is 18.1. The lowest BCUT2D eigenvalue weighted by Gasteiger charge is -2.34. The molecule has 29 heavy (non-hydrogen) atoms. The van der Waals surface area contributed by atoms with Crippen molar-refractivity contribution in [1.29, 1.82) is 0 Å². The molecule has 0 spiro atoms. The molecular weight excluding hydrogens is 384 g/mol. The molecule has 2 saturated heterocycles. The Morgan fingerprint density at radius 1 is 1.03 bits per heavy atom. The highest BCUT2D eigenvalue weighted by Crippen LogP contribution is 2.23. The van der Waals surface area contributed by atoms with Gasteiger partial charge in [-0.15, -0.1) is 11.3 Å². The summed E-state index contributed by atoms with van der Waals surface area (Å²) in [4.78, 5) is 24.0. The number of hydrogen-bond donors (Lipinski definition) is 0. The molecule has 0 N–H and O–H groups in total. The van der Waals surface area contributed by atoms with Crippen molar-refractivity contribution >= 4 is 22.4 Å². The van der Waals surface area contributed by atoms with Crippen LogP contribution < -0.4 is 9.64 Å². The number of piperidine rings is 1. The number of carbonyl (C=O) groups is 1. The summed E-state index contributed by atoms with van der Waals surface area (Å²) in [6.07, 6.45) is 3.97. The Balaban J connectivity index is 1.22. The van der Waals surface area contributed by atoms with E-state index in [0.29, 0.717) is 0 Å². The molecule has 2 aliphatic rings. The fourth-order valence-corrected chi connectivity index (χ4v) is 4.75. The van der Waals surface area contributed by atoms with Crippen LogP contribution in [0.5, 0.6) is 5.75 Å². The topological polar surface area (TPSA) is 48.9 Å². The number of aryl methyl sites for hydroxylation is 1. The van der Waals surface area contributed by atoms with E-state index >= 15 is 0 Å². The van der Waals surface area contributed by atoms with Crippen LogP contribution >= 0.6 is 11.3 Å². The van der Waals surface area contributed by atoms with Crippen molar-refractivity contribution in [2.24, 2.45) is 0 Å². The minimum absolute atomic E-state index is 0.0511. The van der Waals surface area contributed by atoms with E-state index in [4.69, 9.17) is 9.72 Å². The Hall–Kier alpha value is -2.12. The first-order valence-corrected chi connectivity index (χ1v) is 11.4.